The Morgan fingerprint density at radius 2 is 1.62 bits per heavy atom. The number of ether oxygens (including phenoxy) is 2. The van der Waals surface area contributed by atoms with Crippen molar-refractivity contribution in [1.82, 2.24) is 41.0 Å². The van der Waals surface area contributed by atoms with Crippen molar-refractivity contribution in [2.45, 2.75) is 181 Å². The number of aliphatic hydroxyl groups is 1. The highest BCUT2D eigenvalue weighted by Gasteiger charge is 2.47. The smallest absolute Gasteiger partial charge is 0.408 e. The van der Waals surface area contributed by atoms with Gasteiger partial charge in [-0.1, -0.05) is 68.8 Å². The lowest BCUT2D eigenvalue weighted by atomic mass is 9.85. The number of thiazole rings is 1. The third-order valence-corrected chi connectivity index (χ3v) is 15.8. The standard InChI is InChI=1S/C56H78ClN9O11S/c1-32(35-17-19-37(20-18-35)48-33(2)59-31-78-48)60-51(72)43-27-40(68)28-65(43)53(74)49(55(4,5)6)63-46(70)16-11-10-13-36-14-12-15-44(47(36)57)76-30-38(21-24-45(58)69)61-50(71)42-23-22-39-25-26-64(34(3)67)29-41(52(73)66(39)42)62-54(75)77-56(7,8)9/h12,14-15,17-20,31-32,38-43,49,68H,10-11,13,16,21-30H2,1-9H3,(H2,58,69)(H,60,72)(H,61,71)(H,62,75)(H,63,70)/t32-,38-,39+,40+,41-,42-,43-,49+/m0/s1. The molecule has 2 aromatic carbocycles. The zero-order valence-electron chi connectivity index (χ0n) is 46.3. The summed E-state index contributed by atoms with van der Waals surface area (Å²) in [6.07, 6.45) is 1.20. The molecule has 20 nitrogen and oxygen atoms in total. The highest BCUT2D eigenvalue weighted by molar-refractivity contribution is 7.13. The molecule has 426 valence electrons. The number of alkyl carbamates (subject to hydrolysis) is 1. The van der Waals surface area contributed by atoms with Crippen LogP contribution in [0.1, 0.15) is 136 Å². The number of aromatic nitrogens is 1. The van der Waals surface area contributed by atoms with E-state index in [4.69, 9.17) is 26.8 Å². The van der Waals surface area contributed by atoms with Gasteiger partial charge in [-0.25, -0.2) is 9.78 Å². The van der Waals surface area contributed by atoms with Crippen LogP contribution < -0.4 is 31.7 Å². The number of nitrogens with two attached hydrogens (primary N) is 1. The van der Waals surface area contributed by atoms with E-state index in [1.807, 2.05) is 65.0 Å². The van der Waals surface area contributed by atoms with Crippen molar-refractivity contribution in [2.75, 3.05) is 26.2 Å². The average Bonchev–Trinajstić information content (AvgIpc) is 4.13. The number of hydrogen-bond acceptors (Lipinski definition) is 13. The van der Waals surface area contributed by atoms with Gasteiger partial charge in [0.2, 0.25) is 41.4 Å². The van der Waals surface area contributed by atoms with Crippen LogP contribution in [-0.2, 0) is 44.7 Å². The zero-order valence-corrected chi connectivity index (χ0v) is 47.9. The number of fused-ring (bicyclic) bond motifs is 1. The highest BCUT2D eigenvalue weighted by Crippen LogP contribution is 2.33. The van der Waals surface area contributed by atoms with Crippen LogP contribution in [0.4, 0.5) is 4.79 Å². The summed E-state index contributed by atoms with van der Waals surface area (Å²) in [5, 5.41) is 22.6. The minimum atomic E-state index is -1.17. The van der Waals surface area contributed by atoms with E-state index in [-0.39, 0.29) is 69.3 Å². The van der Waals surface area contributed by atoms with Crippen LogP contribution in [0, 0.1) is 12.3 Å². The normalized spacial score (nSPS) is 20.8. The third-order valence-electron chi connectivity index (χ3n) is 14.4. The molecular weight excluding hydrogens is 1040 g/mol. The maximum Gasteiger partial charge on any atom is 0.408 e. The molecule has 1 aromatic heterocycles. The van der Waals surface area contributed by atoms with Gasteiger partial charge in [0.25, 0.3) is 0 Å². The van der Waals surface area contributed by atoms with Gasteiger partial charge >= 0.3 is 6.09 Å². The van der Waals surface area contributed by atoms with Crippen LogP contribution in [0.2, 0.25) is 5.02 Å². The molecule has 3 aliphatic rings. The van der Waals surface area contributed by atoms with Gasteiger partial charge in [-0.2, -0.15) is 0 Å². The number of unbranched alkanes of at least 4 members (excludes halogenated alkanes) is 1. The monoisotopic (exact) mass is 1120 g/mol. The molecule has 8 amide bonds. The van der Waals surface area contributed by atoms with Crippen molar-refractivity contribution in [2.24, 2.45) is 11.1 Å². The lowest BCUT2D eigenvalue weighted by Gasteiger charge is -2.38. The number of carbonyl (C=O) groups is 8. The number of halogens is 1. The number of likely N-dealkylation sites (tertiary alicyclic amines) is 1. The topological polar surface area (TPSA) is 272 Å². The Balaban J connectivity index is 1.02. The molecule has 22 heteroatoms. The van der Waals surface area contributed by atoms with E-state index in [0.29, 0.717) is 55.8 Å². The summed E-state index contributed by atoms with van der Waals surface area (Å²) >= 11 is 8.45. The summed E-state index contributed by atoms with van der Waals surface area (Å²) in [6, 6.07) is 7.67. The van der Waals surface area contributed by atoms with Crippen molar-refractivity contribution >= 4 is 70.4 Å². The molecule has 0 bridgehead atoms. The number of amides is 8. The Kier molecular flexibility index (Phi) is 20.7. The van der Waals surface area contributed by atoms with E-state index in [1.165, 1.54) is 21.6 Å². The SMILES string of the molecule is CC(=O)N1CC[C@H]2CC[C@@H](C(=O)N[C@@H](CCC(N)=O)COc3cccc(CCCCC(=O)N[C@H](C(=O)N4C[C@H](O)C[C@H]4C(=O)N[C@@H](C)c4ccc(-c5scnc5C)cc4)C(C)(C)C)c3Cl)N2C(=O)[C@@H](NC(=O)OC(C)(C)C)C1. The van der Waals surface area contributed by atoms with Gasteiger partial charge in [0, 0.05) is 45.3 Å². The molecule has 8 atom stereocenters. The fourth-order valence-electron chi connectivity index (χ4n) is 10.2. The number of nitrogens with one attached hydrogen (secondary N) is 4. The van der Waals surface area contributed by atoms with Gasteiger partial charge in [-0.15, -0.1) is 11.3 Å². The molecule has 0 radical (unpaired) electrons. The average molecular weight is 1120 g/mol. The molecule has 0 spiro atoms. The molecule has 4 heterocycles. The van der Waals surface area contributed by atoms with Crippen molar-refractivity contribution in [3.8, 4) is 16.2 Å². The number of rotatable bonds is 20. The number of hydrogen-bond donors (Lipinski definition) is 6. The minimum Gasteiger partial charge on any atom is -0.490 e. The van der Waals surface area contributed by atoms with Crippen LogP contribution in [0.15, 0.2) is 48.0 Å². The van der Waals surface area contributed by atoms with E-state index < -0.39 is 83.0 Å². The first kappa shape index (κ1) is 60.9. The lowest BCUT2D eigenvalue weighted by molar-refractivity contribution is -0.145. The van der Waals surface area contributed by atoms with E-state index >= 15 is 0 Å². The van der Waals surface area contributed by atoms with Crippen molar-refractivity contribution in [1.29, 1.82) is 0 Å². The summed E-state index contributed by atoms with van der Waals surface area (Å²) in [5.74, 6) is -2.69. The molecule has 3 fully saturated rings. The highest BCUT2D eigenvalue weighted by atomic mass is 35.5. The molecule has 3 saturated heterocycles. The molecule has 3 aliphatic heterocycles. The van der Waals surface area contributed by atoms with Crippen LogP contribution in [0.5, 0.6) is 5.75 Å². The summed E-state index contributed by atoms with van der Waals surface area (Å²) in [6.45, 7) is 15.9. The quantitative estimate of drug-likeness (QED) is 0.0767. The predicted octanol–water partition coefficient (Wildman–Crippen LogP) is 5.49. The van der Waals surface area contributed by atoms with Gasteiger partial charge in [0.1, 0.15) is 42.1 Å². The second kappa shape index (κ2) is 26.6. The number of aliphatic hydroxyl groups excluding tert-OH is 1. The molecule has 6 rings (SSSR count). The molecule has 3 aromatic rings. The first-order valence-electron chi connectivity index (χ1n) is 26.9. The fraction of sp³-hybridized carbons (Fsp3) is 0.589. The molecule has 0 unspecified atom stereocenters. The predicted molar refractivity (Wildman–Crippen MR) is 295 cm³/mol. The second-order valence-corrected chi connectivity index (χ2v) is 24.0. The van der Waals surface area contributed by atoms with Gasteiger partial charge in [0.15, 0.2) is 0 Å². The van der Waals surface area contributed by atoms with Crippen LogP contribution in [0.3, 0.4) is 0 Å². The van der Waals surface area contributed by atoms with Gasteiger partial charge < -0.3 is 56.3 Å². The summed E-state index contributed by atoms with van der Waals surface area (Å²) in [7, 11) is 0. The molecule has 7 N–H and O–H groups in total. The Morgan fingerprint density at radius 3 is 2.26 bits per heavy atom. The molecular formula is C56H78ClN9O11S. The molecule has 0 saturated carbocycles. The minimum absolute atomic E-state index is 0.0487. The van der Waals surface area contributed by atoms with Gasteiger partial charge in [-0.05, 0) is 108 Å². The molecule has 0 aliphatic carbocycles. The van der Waals surface area contributed by atoms with Crippen LogP contribution in [0.25, 0.3) is 10.4 Å². The number of benzene rings is 2. The fourth-order valence-corrected chi connectivity index (χ4v) is 11.3. The number of β-amino-alcohol motifs (C(OH)–C–C–N with tert-alkyl or cyclic N) is 1. The Bertz CT molecular complexity index is 2650. The second-order valence-electron chi connectivity index (χ2n) is 22.8. The maximum atomic E-state index is 14.3. The Morgan fingerprint density at radius 1 is 0.910 bits per heavy atom. The van der Waals surface area contributed by atoms with E-state index in [9.17, 15) is 43.5 Å². The van der Waals surface area contributed by atoms with Crippen LogP contribution in [-0.4, -0.2) is 146 Å². The third kappa shape index (κ3) is 16.4. The van der Waals surface area contributed by atoms with E-state index in [2.05, 4.69) is 26.3 Å². The van der Waals surface area contributed by atoms with Crippen molar-refractivity contribution in [3.05, 3.63) is 69.8 Å². The van der Waals surface area contributed by atoms with E-state index in [1.54, 1.807) is 49.8 Å². The lowest BCUT2D eigenvalue weighted by Crippen LogP contribution is -2.61. The summed E-state index contributed by atoms with van der Waals surface area (Å²) < 4.78 is 11.6. The first-order valence-corrected chi connectivity index (χ1v) is 28.1. The Labute approximate surface area is 466 Å². The summed E-state index contributed by atoms with van der Waals surface area (Å²) in [4.78, 5) is 117. The largest absolute Gasteiger partial charge is 0.490 e. The Hall–Kier alpha value is -6.32. The molecule has 78 heavy (non-hydrogen) atoms. The zero-order chi connectivity index (χ0) is 57.2. The number of carbonyl (C=O) groups excluding carboxylic acids is 8. The van der Waals surface area contributed by atoms with E-state index in [0.717, 1.165) is 27.3 Å². The summed E-state index contributed by atoms with van der Waals surface area (Å²) in [5.41, 5.74) is 9.34. The number of primary amides is 1. The first-order chi connectivity index (χ1) is 36.7. The maximum absolute atomic E-state index is 14.3. The number of nitrogens with zero attached hydrogens (tertiary/aromatic N) is 4. The van der Waals surface area contributed by atoms with Gasteiger partial charge in [0.05, 0.1) is 45.8 Å². The van der Waals surface area contributed by atoms with Gasteiger partial charge in [-0.3, -0.25) is 33.6 Å². The number of aryl methyl sites for hydroxylation is 2. The van der Waals surface area contributed by atoms with Crippen molar-refractivity contribution < 1.29 is 52.9 Å². The van der Waals surface area contributed by atoms with Crippen molar-refractivity contribution in [3.63, 3.8) is 0 Å². The van der Waals surface area contributed by atoms with Crippen LogP contribution >= 0.6 is 22.9 Å².